The molecule has 0 radical (unpaired) electrons. The summed E-state index contributed by atoms with van der Waals surface area (Å²) in [7, 11) is 3.63. The van der Waals surface area contributed by atoms with Crippen molar-refractivity contribution in [1.29, 1.82) is 0 Å². The fourth-order valence-electron chi connectivity index (χ4n) is 2.65. The lowest BCUT2D eigenvalue weighted by Gasteiger charge is -2.34. The van der Waals surface area contributed by atoms with E-state index in [1.165, 1.54) is 0 Å². The average Bonchev–Trinajstić information content (AvgIpc) is 2.47. The van der Waals surface area contributed by atoms with Crippen molar-refractivity contribution < 1.29 is 9.53 Å². The predicted molar refractivity (Wildman–Crippen MR) is 84.9 cm³/mol. The van der Waals surface area contributed by atoms with Crippen molar-refractivity contribution in [2.24, 2.45) is 11.8 Å². The van der Waals surface area contributed by atoms with Gasteiger partial charge in [-0.25, -0.2) is 5.84 Å². The summed E-state index contributed by atoms with van der Waals surface area (Å²) >= 11 is 0. The minimum Gasteiger partial charge on any atom is -0.496 e. The molecule has 5 heteroatoms. The Hall–Kier alpha value is -1.59. The third-order valence-electron chi connectivity index (χ3n) is 3.88. The lowest BCUT2D eigenvalue weighted by molar-refractivity contribution is -0.128. The quantitative estimate of drug-likeness (QED) is 0.455. The van der Waals surface area contributed by atoms with Crippen molar-refractivity contribution in [2.75, 3.05) is 14.2 Å². The number of nitrogens with two attached hydrogens (primary N) is 1. The first-order chi connectivity index (χ1) is 9.92. The zero-order valence-electron chi connectivity index (χ0n) is 13.6. The number of methoxy groups -OCH3 is 1. The molecule has 5 nitrogen and oxygen atoms in total. The molecule has 0 heterocycles. The van der Waals surface area contributed by atoms with Gasteiger partial charge in [0.05, 0.1) is 13.2 Å². The molecule has 1 aromatic rings. The molecule has 0 saturated heterocycles. The maximum Gasteiger partial charge on any atom is 0.251 e. The van der Waals surface area contributed by atoms with E-state index >= 15 is 0 Å². The highest BCUT2D eigenvalue weighted by atomic mass is 16.5. The SMILES string of the molecule is COc1ccccc1CC(C)N(C)C(C(=O)NN)C(C)C. The number of hydrogen-bond acceptors (Lipinski definition) is 4. The minimum absolute atomic E-state index is 0.153. The van der Waals surface area contributed by atoms with Crippen LogP contribution in [0.15, 0.2) is 24.3 Å². The molecule has 0 aromatic heterocycles. The van der Waals surface area contributed by atoms with E-state index in [2.05, 4.69) is 23.3 Å². The molecule has 0 aliphatic heterocycles. The molecule has 1 rings (SSSR count). The first kappa shape index (κ1) is 17.5. The molecule has 1 amide bonds. The summed E-state index contributed by atoms with van der Waals surface area (Å²) in [6.45, 7) is 6.14. The summed E-state index contributed by atoms with van der Waals surface area (Å²) in [5, 5.41) is 0. The van der Waals surface area contributed by atoms with E-state index in [0.717, 1.165) is 17.7 Å². The van der Waals surface area contributed by atoms with Crippen LogP contribution in [0.25, 0.3) is 0 Å². The Bertz CT molecular complexity index is 463. The van der Waals surface area contributed by atoms with Gasteiger partial charge < -0.3 is 4.74 Å². The highest BCUT2D eigenvalue weighted by Gasteiger charge is 2.29. The van der Waals surface area contributed by atoms with Gasteiger partial charge in [0, 0.05) is 6.04 Å². The molecule has 2 atom stereocenters. The topological polar surface area (TPSA) is 67.6 Å². The molecule has 21 heavy (non-hydrogen) atoms. The van der Waals surface area contributed by atoms with Crippen molar-refractivity contribution in [3.8, 4) is 5.75 Å². The van der Waals surface area contributed by atoms with E-state index in [9.17, 15) is 4.79 Å². The number of hydrazine groups is 1. The van der Waals surface area contributed by atoms with Crippen molar-refractivity contribution in [3.63, 3.8) is 0 Å². The Balaban J connectivity index is 2.86. The van der Waals surface area contributed by atoms with E-state index < -0.39 is 0 Å². The molecule has 1 aromatic carbocycles. The first-order valence-electron chi connectivity index (χ1n) is 7.26. The number of likely N-dealkylation sites (N-methyl/N-ethyl adjacent to an activating group) is 1. The molecule has 2 unspecified atom stereocenters. The average molecular weight is 293 g/mol. The summed E-state index contributed by atoms with van der Waals surface area (Å²) in [4.78, 5) is 14.0. The fraction of sp³-hybridized carbons (Fsp3) is 0.562. The van der Waals surface area contributed by atoms with Crippen LogP contribution in [0.5, 0.6) is 5.75 Å². The molecule has 0 bridgehead atoms. The zero-order chi connectivity index (χ0) is 16.0. The standard InChI is InChI=1S/C16H27N3O2/c1-11(2)15(16(20)18-17)19(4)12(3)10-13-8-6-7-9-14(13)21-5/h6-9,11-12,15H,10,17H2,1-5H3,(H,18,20). The Morgan fingerprint density at radius 3 is 2.48 bits per heavy atom. The Kier molecular flexibility index (Phi) is 6.65. The number of ether oxygens (including phenoxy) is 1. The molecule has 0 aliphatic rings. The number of para-hydroxylation sites is 1. The van der Waals surface area contributed by atoms with E-state index in [4.69, 9.17) is 10.6 Å². The summed E-state index contributed by atoms with van der Waals surface area (Å²) in [6, 6.07) is 7.89. The second-order valence-corrected chi connectivity index (χ2v) is 5.73. The number of nitrogens with one attached hydrogen (secondary N) is 1. The molecule has 0 spiro atoms. The van der Waals surface area contributed by atoms with Crippen LogP contribution in [-0.2, 0) is 11.2 Å². The molecule has 0 fully saturated rings. The Morgan fingerprint density at radius 2 is 1.95 bits per heavy atom. The number of carbonyl (C=O) groups excluding carboxylic acids is 1. The van der Waals surface area contributed by atoms with Gasteiger partial charge in [-0.05, 0) is 37.9 Å². The van der Waals surface area contributed by atoms with Crippen molar-refractivity contribution >= 4 is 5.91 Å². The highest BCUT2D eigenvalue weighted by Crippen LogP contribution is 2.22. The van der Waals surface area contributed by atoms with Gasteiger partial charge in [-0.3, -0.25) is 15.1 Å². The van der Waals surface area contributed by atoms with Gasteiger partial charge in [-0.15, -0.1) is 0 Å². The van der Waals surface area contributed by atoms with Crippen LogP contribution in [0.3, 0.4) is 0 Å². The molecule has 3 N–H and O–H groups in total. The Labute approximate surface area is 127 Å². The van der Waals surface area contributed by atoms with Crippen LogP contribution < -0.4 is 16.0 Å². The van der Waals surface area contributed by atoms with Crippen molar-refractivity contribution in [1.82, 2.24) is 10.3 Å². The van der Waals surface area contributed by atoms with E-state index in [1.54, 1.807) is 7.11 Å². The summed E-state index contributed by atoms with van der Waals surface area (Å²) in [5.74, 6) is 6.20. The van der Waals surface area contributed by atoms with Gasteiger partial charge in [0.25, 0.3) is 5.91 Å². The van der Waals surface area contributed by atoms with Crippen LogP contribution >= 0.6 is 0 Å². The van der Waals surface area contributed by atoms with Crippen LogP contribution in [0.4, 0.5) is 0 Å². The number of hydrogen-bond donors (Lipinski definition) is 2. The normalized spacial score (nSPS) is 14.1. The zero-order valence-corrected chi connectivity index (χ0v) is 13.6. The molecule has 0 saturated carbocycles. The monoisotopic (exact) mass is 293 g/mol. The largest absolute Gasteiger partial charge is 0.496 e. The van der Waals surface area contributed by atoms with Gasteiger partial charge >= 0.3 is 0 Å². The Morgan fingerprint density at radius 1 is 1.33 bits per heavy atom. The highest BCUT2D eigenvalue weighted by molar-refractivity contribution is 5.81. The second kappa shape index (κ2) is 8.00. The third-order valence-corrected chi connectivity index (χ3v) is 3.88. The number of rotatable bonds is 7. The van der Waals surface area contributed by atoms with Gasteiger partial charge in [0.15, 0.2) is 0 Å². The number of carbonyl (C=O) groups is 1. The smallest absolute Gasteiger partial charge is 0.251 e. The summed E-state index contributed by atoms with van der Waals surface area (Å²) < 4.78 is 5.38. The van der Waals surface area contributed by atoms with Gasteiger partial charge in [-0.1, -0.05) is 32.0 Å². The van der Waals surface area contributed by atoms with E-state index in [0.29, 0.717) is 0 Å². The summed E-state index contributed by atoms with van der Waals surface area (Å²) in [5.41, 5.74) is 3.40. The lowest BCUT2D eigenvalue weighted by Crippen LogP contribution is -2.53. The maximum absolute atomic E-state index is 12.0. The number of nitrogens with zero attached hydrogens (tertiary/aromatic N) is 1. The molecular formula is C16H27N3O2. The van der Waals surface area contributed by atoms with Gasteiger partial charge in [-0.2, -0.15) is 0 Å². The number of amides is 1. The van der Waals surface area contributed by atoms with Gasteiger partial charge in [0.1, 0.15) is 5.75 Å². The fourth-order valence-corrected chi connectivity index (χ4v) is 2.65. The first-order valence-corrected chi connectivity index (χ1v) is 7.26. The van der Waals surface area contributed by atoms with Crippen LogP contribution in [0.2, 0.25) is 0 Å². The predicted octanol–water partition coefficient (Wildman–Crippen LogP) is 1.57. The lowest BCUT2D eigenvalue weighted by atomic mass is 9.98. The molecule has 118 valence electrons. The van der Waals surface area contributed by atoms with E-state index in [-0.39, 0.29) is 23.9 Å². The van der Waals surface area contributed by atoms with Crippen LogP contribution in [0.1, 0.15) is 26.3 Å². The van der Waals surface area contributed by atoms with Gasteiger partial charge in [0.2, 0.25) is 0 Å². The van der Waals surface area contributed by atoms with E-state index in [1.807, 2.05) is 39.1 Å². The maximum atomic E-state index is 12.0. The number of benzene rings is 1. The van der Waals surface area contributed by atoms with Crippen LogP contribution in [0, 0.1) is 5.92 Å². The van der Waals surface area contributed by atoms with Crippen LogP contribution in [-0.4, -0.2) is 37.0 Å². The summed E-state index contributed by atoms with van der Waals surface area (Å²) in [6.07, 6.45) is 0.807. The molecule has 0 aliphatic carbocycles. The minimum atomic E-state index is -0.250. The van der Waals surface area contributed by atoms with Crippen molar-refractivity contribution in [2.45, 2.75) is 39.3 Å². The third kappa shape index (κ3) is 4.44. The molecular weight excluding hydrogens is 266 g/mol. The van der Waals surface area contributed by atoms with Crippen molar-refractivity contribution in [3.05, 3.63) is 29.8 Å². The second-order valence-electron chi connectivity index (χ2n) is 5.73.